The molecule has 0 aromatic rings. The van der Waals surface area contributed by atoms with Crippen molar-refractivity contribution in [2.24, 2.45) is 10.8 Å². The molecule has 0 radical (unpaired) electrons. The molecule has 0 rings (SSSR count). The Labute approximate surface area is 85.8 Å². The maximum Gasteiger partial charge on any atom is 0.319 e. The summed E-state index contributed by atoms with van der Waals surface area (Å²) in [6, 6.07) is 0. The van der Waals surface area contributed by atoms with Crippen molar-refractivity contribution < 1.29 is 14.3 Å². The molecule has 0 fully saturated rings. The minimum Gasteiger partial charge on any atom is -0.392 e. The zero-order valence-corrected chi connectivity index (χ0v) is 9.93. The fourth-order valence-electron chi connectivity index (χ4n) is 0.520. The Balaban J connectivity index is 4.43. The van der Waals surface area contributed by atoms with E-state index in [9.17, 15) is 9.59 Å². The normalized spacial score (nSPS) is 12.4. The highest BCUT2D eigenvalue weighted by Crippen LogP contribution is 2.24. The largest absolute Gasteiger partial charge is 0.392 e. The summed E-state index contributed by atoms with van der Waals surface area (Å²) in [6.45, 7) is 10.6. The van der Waals surface area contributed by atoms with Gasteiger partial charge in [0.2, 0.25) is 0 Å². The lowest BCUT2D eigenvalue weighted by molar-refractivity contribution is -0.171. The second kappa shape index (κ2) is 4.11. The molecule has 0 amide bonds. The van der Waals surface area contributed by atoms with E-state index in [1.807, 2.05) is 6.92 Å². The molecule has 0 aliphatic heterocycles. The molecule has 0 N–H and O–H groups in total. The molecule has 0 heterocycles. The van der Waals surface area contributed by atoms with Gasteiger partial charge in [0.15, 0.2) is 0 Å². The van der Waals surface area contributed by atoms with Gasteiger partial charge in [-0.15, -0.1) is 0 Å². The highest BCUT2D eigenvalue weighted by Gasteiger charge is 2.33. The summed E-state index contributed by atoms with van der Waals surface area (Å²) in [5.41, 5.74) is -1.21. The Kier molecular flexibility index (Phi) is 3.86. The first-order valence-electron chi connectivity index (χ1n) is 4.88. The van der Waals surface area contributed by atoms with Crippen LogP contribution in [0, 0.1) is 10.8 Å². The molecule has 3 heteroatoms. The summed E-state index contributed by atoms with van der Waals surface area (Å²) in [6.07, 6.45) is 0.656. The van der Waals surface area contributed by atoms with Crippen LogP contribution in [0.4, 0.5) is 0 Å². The molecule has 3 nitrogen and oxygen atoms in total. The molecule has 0 bridgehead atoms. The van der Waals surface area contributed by atoms with Crippen LogP contribution in [0.2, 0.25) is 0 Å². The van der Waals surface area contributed by atoms with Crippen molar-refractivity contribution in [3.63, 3.8) is 0 Å². The summed E-state index contributed by atoms with van der Waals surface area (Å²) >= 11 is 0. The summed E-state index contributed by atoms with van der Waals surface area (Å²) < 4.78 is 4.79. The van der Waals surface area contributed by atoms with Gasteiger partial charge in [0, 0.05) is 0 Å². The van der Waals surface area contributed by atoms with Crippen LogP contribution in [0.15, 0.2) is 0 Å². The van der Waals surface area contributed by atoms with E-state index >= 15 is 0 Å². The highest BCUT2D eigenvalue weighted by molar-refractivity contribution is 5.90. The molecule has 0 atom stereocenters. The average molecular weight is 200 g/mol. The maximum atomic E-state index is 11.5. The number of carbonyl (C=O) groups excluding carboxylic acids is 2. The van der Waals surface area contributed by atoms with Crippen molar-refractivity contribution in [2.45, 2.75) is 48.0 Å². The summed E-state index contributed by atoms with van der Waals surface area (Å²) in [5, 5.41) is 0. The van der Waals surface area contributed by atoms with Gasteiger partial charge < -0.3 is 4.74 Å². The van der Waals surface area contributed by atoms with Crippen molar-refractivity contribution in [2.75, 3.05) is 0 Å². The van der Waals surface area contributed by atoms with Gasteiger partial charge >= 0.3 is 11.9 Å². The van der Waals surface area contributed by atoms with E-state index in [0.717, 1.165) is 0 Å². The van der Waals surface area contributed by atoms with Crippen LogP contribution in [-0.4, -0.2) is 11.9 Å². The molecule has 82 valence electrons. The topological polar surface area (TPSA) is 43.4 Å². The molecule has 0 aromatic heterocycles. The zero-order chi connectivity index (χ0) is 11.6. The Bertz CT molecular complexity index is 233. The molecule has 0 saturated carbocycles. The monoisotopic (exact) mass is 200 g/mol. The third-order valence-corrected chi connectivity index (χ3v) is 2.23. The third-order valence-electron chi connectivity index (χ3n) is 2.23. The summed E-state index contributed by atoms with van der Waals surface area (Å²) in [5.74, 6) is -0.913. The Morgan fingerprint density at radius 3 is 1.71 bits per heavy atom. The van der Waals surface area contributed by atoms with Crippen LogP contribution in [0.1, 0.15) is 48.0 Å². The number of rotatable bonds is 2. The van der Waals surface area contributed by atoms with E-state index in [4.69, 9.17) is 4.74 Å². The second-order valence-electron chi connectivity index (χ2n) is 5.16. The lowest BCUT2D eigenvalue weighted by atomic mass is 9.90. The van der Waals surface area contributed by atoms with Crippen LogP contribution in [0.25, 0.3) is 0 Å². The molecule has 14 heavy (non-hydrogen) atoms. The fraction of sp³-hybridized carbons (Fsp3) is 0.818. The SMILES string of the molecule is CCC(C)(C)C(=O)OC(=O)C(C)(C)C. The molecule has 0 spiro atoms. The van der Waals surface area contributed by atoms with Gasteiger partial charge in [0.1, 0.15) is 0 Å². The number of ether oxygens (including phenoxy) is 1. The van der Waals surface area contributed by atoms with Gasteiger partial charge in [-0.3, -0.25) is 9.59 Å². The van der Waals surface area contributed by atoms with Crippen molar-refractivity contribution >= 4 is 11.9 Å². The highest BCUT2D eigenvalue weighted by atomic mass is 16.6. The van der Waals surface area contributed by atoms with Crippen LogP contribution in [0.5, 0.6) is 0 Å². The molecule has 0 aromatic carbocycles. The Morgan fingerprint density at radius 2 is 1.43 bits per heavy atom. The first-order valence-corrected chi connectivity index (χ1v) is 4.88. The number of carbonyl (C=O) groups is 2. The predicted octanol–water partition coefficient (Wildman–Crippen LogP) is 2.54. The van der Waals surface area contributed by atoms with Crippen molar-refractivity contribution in [1.29, 1.82) is 0 Å². The number of hydrogen-bond acceptors (Lipinski definition) is 3. The van der Waals surface area contributed by atoms with Crippen molar-refractivity contribution in [1.82, 2.24) is 0 Å². The van der Waals surface area contributed by atoms with Crippen molar-refractivity contribution in [3.05, 3.63) is 0 Å². The van der Waals surface area contributed by atoms with Crippen LogP contribution in [0.3, 0.4) is 0 Å². The lowest BCUT2D eigenvalue weighted by Crippen LogP contribution is -2.33. The number of hydrogen-bond donors (Lipinski definition) is 0. The number of esters is 2. The van der Waals surface area contributed by atoms with E-state index < -0.39 is 22.8 Å². The average Bonchev–Trinajstić information content (AvgIpc) is 2.02. The molecule has 0 aliphatic rings. The Hall–Kier alpha value is -0.860. The van der Waals surface area contributed by atoms with Gasteiger partial charge in [-0.05, 0) is 41.0 Å². The van der Waals surface area contributed by atoms with E-state index in [1.165, 1.54) is 0 Å². The van der Waals surface area contributed by atoms with E-state index in [0.29, 0.717) is 6.42 Å². The van der Waals surface area contributed by atoms with Crippen LogP contribution in [-0.2, 0) is 14.3 Å². The molecule has 0 saturated heterocycles. The van der Waals surface area contributed by atoms with Gasteiger partial charge in [-0.1, -0.05) is 6.92 Å². The fourth-order valence-corrected chi connectivity index (χ4v) is 0.520. The predicted molar refractivity (Wildman–Crippen MR) is 54.6 cm³/mol. The van der Waals surface area contributed by atoms with E-state index in [2.05, 4.69) is 0 Å². The lowest BCUT2D eigenvalue weighted by Gasteiger charge is -2.22. The maximum absolute atomic E-state index is 11.5. The molecule has 0 unspecified atom stereocenters. The minimum absolute atomic E-state index is 0.445. The standard InChI is InChI=1S/C11H20O3/c1-7-11(5,6)9(13)14-8(12)10(2,3)4/h7H2,1-6H3. The van der Waals surface area contributed by atoms with Crippen LogP contribution < -0.4 is 0 Å². The van der Waals surface area contributed by atoms with Gasteiger partial charge in [-0.25, -0.2) is 0 Å². The molecule has 0 aliphatic carbocycles. The van der Waals surface area contributed by atoms with Crippen LogP contribution >= 0.6 is 0 Å². The molecular weight excluding hydrogens is 180 g/mol. The first kappa shape index (κ1) is 13.1. The third kappa shape index (κ3) is 3.48. The molecular formula is C11H20O3. The minimum atomic E-state index is -0.626. The van der Waals surface area contributed by atoms with Gasteiger partial charge in [0.25, 0.3) is 0 Å². The van der Waals surface area contributed by atoms with E-state index in [1.54, 1.807) is 34.6 Å². The zero-order valence-electron chi connectivity index (χ0n) is 9.93. The first-order chi connectivity index (χ1) is 6.11. The smallest absolute Gasteiger partial charge is 0.319 e. The Morgan fingerprint density at radius 1 is 1.00 bits per heavy atom. The van der Waals surface area contributed by atoms with E-state index in [-0.39, 0.29) is 0 Å². The van der Waals surface area contributed by atoms with Gasteiger partial charge in [0.05, 0.1) is 10.8 Å². The summed E-state index contributed by atoms with van der Waals surface area (Å²) in [4.78, 5) is 22.9. The quantitative estimate of drug-likeness (QED) is 0.508. The van der Waals surface area contributed by atoms with Gasteiger partial charge in [-0.2, -0.15) is 0 Å². The second-order valence-corrected chi connectivity index (χ2v) is 5.16. The summed E-state index contributed by atoms with van der Waals surface area (Å²) in [7, 11) is 0. The van der Waals surface area contributed by atoms with Crippen molar-refractivity contribution in [3.8, 4) is 0 Å².